The van der Waals surface area contributed by atoms with Gasteiger partial charge in [-0.15, -0.1) is 0 Å². The van der Waals surface area contributed by atoms with Crippen molar-refractivity contribution in [2.45, 2.75) is 0 Å². The van der Waals surface area contributed by atoms with E-state index in [0.717, 1.165) is 0 Å². The van der Waals surface area contributed by atoms with Crippen LogP contribution in [0.2, 0.25) is 0 Å². The number of hydrogen-bond acceptors (Lipinski definition) is 2. The predicted octanol–water partition coefficient (Wildman–Crippen LogP) is -0.0768. The van der Waals surface area contributed by atoms with Gasteiger partial charge in [-0.1, -0.05) is 0 Å². The lowest BCUT2D eigenvalue weighted by Gasteiger charge is -1.60. The van der Waals surface area contributed by atoms with E-state index in [1.165, 1.54) is 0 Å². The van der Waals surface area contributed by atoms with Crippen LogP contribution in [-0.2, 0) is 4.79 Å². The number of hydrogen-bond donors (Lipinski definition) is 3. The first kappa shape index (κ1) is 5.74. The molecule has 0 aromatic rings. The zero-order valence-electron chi connectivity index (χ0n) is 4.16. The van der Waals surface area contributed by atoms with Crippen molar-refractivity contribution in [1.82, 2.24) is 0 Å². The number of carboxylic acid groups (broad SMARTS) is 3. The summed E-state index contributed by atoms with van der Waals surface area (Å²) >= 11 is 0. The van der Waals surface area contributed by atoms with Gasteiger partial charge in [0.1, 0.15) is 0 Å². The van der Waals surface area contributed by atoms with E-state index in [2.05, 4.69) is 0 Å². The summed E-state index contributed by atoms with van der Waals surface area (Å²) in [7, 11) is 0. The average Bonchev–Trinajstić information content (AvgIpc) is 1.25. The van der Waals surface area contributed by atoms with E-state index in [4.69, 9.17) is 26.3 Å². The van der Waals surface area contributed by atoms with Gasteiger partial charge in [0, 0.05) is 0 Å². The molecule has 3 N–H and O–H groups in total. The van der Waals surface area contributed by atoms with E-state index < -0.39 is 12.6 Å². The van der Waals surface area contributed by atoms with Crippen molar-refractivity contribution < 1.29 is 26.3 Å². The molecule has 0 aromatic heterocycles. The fraction of sp³-hybridized carbons (Fsp3) is 0. The Morgan fingerprint density at radius 1 is 1.71 bits per heavy atom. The van der Waals surface area contributed by atoms with Crippen molar-refractivity contribution in [2.75, 3.05) is 0 Å². The predicted molar refractivity (Wildman–Crippen MR) is 19.3 cm³/mol. The summed E-state index contributed by atoms with van der Waals surface area (Å²) in [5.41, 5.74) is 0. The molecule has 0 atom stereocenters. The van der Waals surface area contributed by atoms with Crippen molar-refractivity contribution in [3.63, 3.8) is 0 Å². The van der Waals surface area contributed by atoms with Crippen LogP contribution in [0.15, 0.2) is 0 Å². The number of carbonyl (C=O) groups is 2. The smallest absolute Gasteiger partial charge is 0.483 e. The molecule has 5 heteroatoms. The standard InChI is InChI=1S/CH2O3.CH2O2/c2-1(3)4;2-1-3/h(H2,2,3,4);1H,(H,2,3)/i;1D. The Balaban J connectivity index is 0. The molecule has 0 saturated carbocycles. The highest BCUT2D eigenvalue weighted by molar-refractivity contribution is 5.53. The van der Waals surface area contributed by atoms with Gasteiger partial charge in [-0.2, -0.15) is 0 Å². The fourth-order valence-electron chi connectivity index (χ4n) is 0. The fourth-order valence-corrected chi connectivity index (χ4v) is 0. The molecule has 42 valence electrons. The lowest BCUT2D eigenvalue weighted by molar-refractivity contribution is -0.122. The second kappa shape index (κ2) is 8.83. The lowest BCUT2D eigenvalue weighted by Crippen LogP contribution is -1.81. The van der Waals surface area contributed by atoms with Crippen LogP contribution in [0.5, 0.6) is 0 Å². The van der Waals surface area contributed by atoms with Crippen LogP contribution in [0.3, 0.4) is 0 Å². The Kier molecular flexibility index (Phi) is 7.24. The molecule has 5 nitrogen and oxygen atoms in total. The normalized spacial score (nSPS) is 7.14. The second-order valence-electron chi connectivity index (χ2n) is 0.374. The largest absolute Gasteiger partial charge is 0.503 e. The van der Waals surface area contributed by atoms with Gasteiger partial charge in [0.25, 0.3) is 6.45 Å². The first-order valence-corrected chi connectivity index (χ1v) is 1.08. The van der Waals surface area contributed by atoms with Crippen molar-refractivity contribution in [3.05, 3.63) is 0 Å². The molecule has 0 saturated heterocycles. The van der Waals surface area contributed by atoms with Crippen LogP contribution < -0.4 is 0 Å². The lowest BCUT2D eigenvalue weighted by atomic mass is 11.5. The molecule has 0 spiro atoms. The van der Waals surface area contributed by atoms with E-state index >= 15 is 0 Å². The highest BCUT2D eigenvalue weighted by Gasteiger charge is 1.70. The van der Waals surface area contributed by atoms with Gasteiger partial charge in [-0.25, -0.2) is 4.79 Å². The summed E-state index contributed by atoms with van der Waals surface area (Å²) in [5, 5.41) is 21.0. The van der Waals surface area contributed by atoms with Crippen LogP contribution in [-0.4, -0.2) is 27.9 Å². The minimum atomic E-state index is -1.83. The minimum Gasteiger partial charge on any atom is -0.483 e. The van der Waals surface area contributed by atoms with E-state index in [9.17, 15) is 0 Å². The Hall–Kier alpha value is -1.26. The third-order valence-corrected chi connectivity index (χ3v) is 0. The zero-order valence-corrected chi connectivity index (χ0v) is 3.16. The average molecular weight is 109 g/mol. The Morgan fingerprint density at radius 3 is 1.71 bits per heavy atom. The Labute approximate surface area is 40.2 Å². The van der Waals surface area contributed by atoms with Gasteiger partial charge in [-0.05, 0) is 0 Å². The van der Waals surface area contributed by atoms with Crippen LogP contribution in [0.1, 0.15) is 1.37 Å². The van der Waals surface area contributed by atoms with Gasteiger partial charge in [0.05, 0.1) is 0 Å². The highest BCUT2D eigenvalue weighted by atomic mass is 16.6. The molecule has 0 fully saturated rings. The quantitative estimate of drug-likeness (QED) is 0.378. The van der Waals surface area contributed by atoms with Crippen LogP contribution in [0, 0.1) is 0 Å². The highest BCUT2D eigenvalue weighted by Crippen LogP contribution is 1.42. The maximum Gasteiger partial charge on any atom is 0.503 e. The topological polar surface area (TPSA) is 94.8 Å². The molecular weight excluding hydrogens is 104 g/mol. The Morgan fingerprint density at radius 2 is 1.71 bits per heavy atom. The number of rotatable bonds is 0. The van der Waals surface area contributed by atoms with Crippen LogP contribution in [0.25, 0.3) is 0 Å². The maximum absolute atomic E-state index is 8.67. The Bertz CT molecular complexity index is 68.4. The van der Waals surface area contributed by atoms with Crippen molar-refractivity contribution in [1.29, 1.82) is 0 Å². The molecule has 0 aromatic carbocycles. The molecule has 0 aliphatic rings. The summed E-state index contributed by atoms with van der Waals surface area (Å²) in [6, 6.07) is 0. The molecule has 0 unspecified atom stereocenters. The van der Waals surface area contributed by atoms with E-state index in [-0.39, 0.29) is 0 Å². The molecule has 0 amide bonds. The molecule has 0 bridgehead atoms. The van der Waals surface area contributed by atoms with Gasteiger partial charge in [0.15, 0.2) is 1.37 Å². The molecule has 0 radical (unpaired) electrons. The van der Waals surface area contributed by atoms with Gasteiger partial charge >= 0.3 is 6.16 Å². The summed E-state index contributed by atoms with van der Waals surface area (Å²) in [5.74, 6) is 0. The minimum absolute atomic E-state index is 1.58. The van der Waals surface area contributed by atoms with Crippen LogP contribution >= 0.6 is 0 Å². The molecular formula is C2H4O5. The SMILES string of the molecule is O=C(O)O.[2H]C(=O)O. The summed E-state index contributed by atoms with van der Waals surface area (Å²) < 4.78 is 5.50. The van der Waals surface area contributed by atoms with Crippen molar-refractivity contribution in [2.24, 2.45) is 0 Å². The molecule has 0 heterocycles. The molecule has 0 aliphatic heterocycles. The monoisotopic (exact) mass is 109 g/mol. The first-order valence-electron chi connectivity index (χ1n) is 1.58. The van der Waals surface area contributed by atoms with Gasteiger partial charge < -0.3 is 15.3 Å². The second-order valence-corrected chi connectivity index (χ2v) is 0.374. The van der Waals surface area contributed by atoms with Gasteiger partial charge in [-0.3, -0.25) is 4.79 Å². The molecule has 0 rings (SSSR count). The third kappa shape index (κ3) is 22.4. The van der Waals surface area contributed by atoms with E-state index in [0.29, 0.717) is 0 Å². The molecule has 7 heavy (non-hydrogen) atoms. The summed E-state index contributed by atoms with van der Waals surface area (Å²) in [6.07, 6.45) is -3.42. The molecule has 0 aliphatic carbocycles. The summed E-state index contributed by atoms with van der Waals surface area (Å²) in [4.78, 5) is 17.2. The van der Waals surface area contributed by atoms with E-state index in [1.54, 1.807) is 0 Å². The van der Waals surface area contributed by atoms with Crippen molar-refractivity contribution in [3.8, 4) is 0 Å². The zero-order chi connectivity index (χ0) is 7.15. The van der Waals surface area contributed by atoms with E-state index in [1.807, 2.05) is 0 Å². The summed E-state index contributed by atoms with van der Waals surface area (Å²) in [6.45, 7) is 0. The van der Waals surface area contributed by atoms with Crippen molar-refractivity contribution >= 4 is 12.6 Å². The third-order valence-electron chi connectivity index (χ3n) is 0. The van der Waals surface area contributed by atoms with Gasteiger partial charge in [0.2, 0.25) is 0 Å². The first-order chi connectivity index (χ1) is 3.46. The van der Waals surface area contributed by atoms with Crippen LogP contribution in [0.4, 0.5) is 4.79 Å². The maximum atomic E-state index is 8.67.